The maximum Gasteiger partial charge on any atom is 0.383 e. The Morgan fingerprint density at radius 3 is 2.53 bits per heavy atom. The number of aliphatic hydroxyl groups is 4. The minimum absolute atomic E-state index is 0.0615. The number of esters is 1. The topological polar surface area (TPSA) is 120 Å². The predicted octanol–water partition coefficient (Wildman–Crippen LogP) is 0.657. The molecule has 1 aromatic rings. The lowest BCUT2D eigenvalue weighted by atomic mass is 10.4. The second-order valence-electron chi connectivity index (χ2n) is 2.45. The molecule has 0 aliphatic carbocycles. The van der Waals surface area contributed by atoms with Crippen molar-refractivity contribution in [3.05, 3.63) is 35.9 Å². The van der Waals surface area contributed by atoms with E-state index in [4.69, 9.17) is 15.3 Å². The summed E-state index contributed by atoms with van der Waals surface area (Å²) < 4.78 is 8.90. The first kappa shape index (κ1) is 10.9. The van der Waals surface area contributed by atoms with E-state index in [-0.39, 0.29) is 5.76 Å². The Kier molecular flexibility index (Phi) is 3.19. The SMILES string of the molecule is O=C(OC(O)c1ccco1)C(O)=C(O)O. The van der Waals surface area contributed by atoms with E-state index >= 15 is 0 Å². The Morgan fingerprint density at radius 1 is 1.40 bits per heavy atom. The lowest BCUT2D eigenvalue weighted by molar-refractivity contribution is -0.171. The summed E-state index contributed by atoms with van der Waals surface area (Å²) >= 11 is 0. The average molecular weight is 216 g/mol. The van der Waals surface area contributed by atoms with Crippen molar-refractivity contribution in [3.8, 4) is 0 Å². The molecule has 0 aliphatic heterocycles. The van der Waals surface area contributed by atoms with E-state index in [1.54, 1.807) is 0 Å². The third kappa shape index (κ3) is 2.64. The molecule has 1 rings (SSSR count). The Hall–Kier alpha value is -2.15. The van der Waals surface area contributed by atoms with Crippen LogP contribution in [0.2, 0.25) is 0 Å². The van der Waals surface area contributed by atoms with Crippen LogP contribution in [-0.2, 0) is 9.53 Å². The van der Waals surface area contributed by atoms with Crippen molar-refractivity contribution in [1.29, 1.82) is 0 Å². The van der Waals surface area contributed by atoms with Crippen LogP contribution >= 0.6 is 0 Å². The van der Waals surface area contributed by atoms with E-state index in [9.17, 15) is 9.90 Å². The summed E-state index contributed by atoms with van der Waals surface area (Å²) in [5, 5.41) is 34.5. The van der Waals surface area contributed by atoms with Gasteiger partial charge >= 0.3 is 11.9 Å². The number of rotatable bonds is 3. The van der Waals surface area contributed by atoms with Crippen molar-refractivity contribution in [2.24, 2.45) is 0 Å². The van der Waals surface area contributed by atoms with Gasteiger partial charge in [-0.2, -0.15) is 0 Å². The van der Waals surface area contributed by atoms with Gasteiger partial charge in [0.2, 0.25) is 0 Å². The van der Waals surface area contributed by atoms with E-state index < -0.39 is 24.0 Å². The minimum Gasteiger partial charge on any atom is -0.497 e. The highest BCUT2D eigenvalue weighted by Crippen LogP contribution is 2.15. The van der Waals surface area contributed by atoms with Crippen molar-refractivity contribution in [1.82, 2.24) is 0 Å². The minimum atomic E-state index is -1.73. The standard InChI is InChI=1S/C8H8O7/c9-5(6(10)11)8(13)15-7(12)4-2-1-3-14-4/h1-3,7,9-12H. The van der Waals surface area contributed by atoms with Crippen LogP contribution in [0.4, 0.5) is 0 Å². The largest absolute Gasteiger partial charge is 0.497 e. The second kappa shape index (κ2) is 4.38. The predicted molar refractivity (Wildman–Crippen MR) is 44.7 cm³/mol. The summed E-state index contributed by atoms with van der Waals surface area (Å²) in [5.74, 6) is -4.54. The lowest BCUT2D eigenvalue weighted by Crippen LogP contribution is -2.14. The van der Waals surface area contributed by atoms with Crippen LogP contribution in [-0.4, -0.2) is 26.4 Å². The van der Waals surface area contributed by atoms with Gasteiger partial charge in [0, 0.05) is 0 Å². The molecule has 1 heterocycles. The van der Waals surface area contributed by atoms with Gasteiger partial charge in [0.15, 0.2) is 5.76 Å². The van der Waals surface area contributed by atoms with E-state index in [1.807, 2.05) is 0 Å². The Balaban J connectivity index is 2.64. The number of furan rings is 1. The Bertz CT molecular complexity index is 360. The van der Waals surface area contributed by atoms with Crippen LogP contribution in [0, 0.1) is 0 Å². The molecule has 0 saturated carbocycles. The first-order valence-electron chi connectivity index (χ1n) is 3.76. The number of carbonyl (C=O) groups excluding carboxylic acids is 1. The van der Waals surface area contributed by atoms with E-state index in [0.717, 1.165) is 0 Å². The molecule has 7 heteroatoms. The number of hydrogen-bond acceptors (Lipinski definition) is 7. The summed E-state index contributed by atoms with van der Waals surface area (Å²) in [7, 11) is 0. The van der Waals surface area contributed by atoms with Gasteiger partial charge in [0.25, 0.3) is 12.0 Å². The molecule has 0 amide bonds. The summed E-state index contributed by atoms with van der Waals surface area (Å²) in [6, 6.07) is 2.78. The summed E-state index contributed by atoms with van der Waals surface area (Å²) in [4.78, 5) is 10.8. The van der Waals surface area contributed by atoms with Gasteiger partial charge in [-0.15, -0.1) is 0 Å². The van der Waals surface area contributed by atoms with Gasteiger partial charge < -0.3 is 29.6 Å². The van der Waals surface area contributed by atoms with E-state index in [2.05, 4.69) is 9.15 Å². The van der Waals surface area contributed by atoms with Gasteiger partial charge in [-0.3, -0.25) is 0 Å². The second-order valence-corrected chi connectivity index (χ2v) is 2.45. The van der Waals surface area contributed by atoms with Gasteiger partial charge in [0.1, 0.15) is 0 Å². The molecule has 0 aliphatic rings. The van der Waals surface area contributed by atoms with Crippen molar-refractivity contribution >= 4 is 5.97 Å². The number of hydrogen-bond donors (Lipinski definition) is 4. The molecular weight excluding hydrogens is 208 g/mol. The zero-order chi connectivity index (χ0) is 11.4. The molecule has 0 fully saturated rings. The third-order valence-electron chi connectivity index (χ3n) is 1.41. The van der Waals surface area contributed by atoms with E-state index in [1.165, 1.54) is 18.4 Å². The number of aliphatic hydroxyl groups excluding tert-OH is 3. The zero-order valence-corrected chi connectivity index (χ0v) is 7.32. The first-order chi connectivity index (χ1) is 7.02. The molecule has 1 unspecified atom stereocenters. The van der Waals surface area contributed by atoms with Crippen LogP contribution < -0.4 is 0 Å². The van der Waals surface area contributed by atoms with Gasteiger partial charge in [0.05, 0.1) is 6.26 Å². The highest BCUT2D eigenvalue weighted by Gasteiger charge is 2.21. The van der Waals surface area contributed by atoms with Crippen LogP contribution in [0.5, 0.6) is 0 Å². The smallest absolute Gasteiger partial charge is 0.383 e. The fourth-order valence-corrected chi connectivity index (χ4v) is 0.738. The van der Waals surface area contributed by atoms with E-state index in [0.29, 0.717) is 0 Å². The van der Waals surface area contributed by atoms with Crippen LogP contribution in [0.15, 0.2) is 34.5 Å². The number of ether oxygens (including phenoxy) is 1. The molecule has 0 radical (unpaired) electrons. The summed E-state index contributed by atoms with van der Waals surface area (Å²) in [6.07, 6.45) is -0.486. The van der Waals surface area contributed by atoms with Gasteiger partial charge in [-0.05, 0) is 12.1 Å². The first-order valence-corrected chi connectivity index (χ1v) is 3.76. The average Bonchev–Trinajstić information content (AvgIpc) is 2.68. The fraction of sp³-hybridized carbons (Fsp3) is 0.125. The van der Waals surface area contributed by atoms with Crippen molar-refractivity contribution in [2.45, 2.75) is 6.29 Å². The molecule has 4 N–H and O–H groups in total. The van der Waals surface area contributed by atoms with Crippen molar-refractivity contribution in [2.75, 3.05) is 0 Å². The molecule has 15 heavy (non-hydrogen) atoms. The molecule has 0 aromatic carbocycles. The molecule has 0 saturated heterocycles. The molecule has 7 nitrogen and oxygen atoms in total. The lowest BCUT2D eigenvalue weighted by Gasteiger charge is -2.08. The number of carbonyl (C=O) groups is 1. The highest BCUT2D eigenvalue weighted by molar-refractivity contribution is 5.85. The fourth-order valence-electron chi connectivity index (χ4n) is 0.738. The van der Waals surface area contributed by atoms with Gasteiger partial charge in [-0.25, -0.2) is 4.79 Å². The monoisotopic (exact) mass is 216 g/mol. The zero-order valence-electron chi connectivity index (χ0n) is 7.32. The highest BCUT2D eigenvalue weighted by atomic mass is 16.7. The Morgan fingerprint density at radius 2 is 2.07 bits per heavy atom. The quantitative estimate of drug-likeness (QED) is 0.253. The molecule has 1 aromatic heterocycles. The van der Waals surface area contributed by atoms with Crippen LogP contribution in [0.3, 0.4) is 0 Å². The van der Waals surface area contributed by atoms with Gasteiger partial charge in [-0.1, -0.05) is 0 Å². The normalized spacial score (nSPS) is 11.8. The van der Waals surface area contributed by atoms with Crippen LogP contribution in [0.1, 0.15) is 12.1 Å². The van der Waals surface area contributed by atoms with Crippen molar-refractivity contribution < 1.29 is 34.4 Å². The maximum atomic E-state index is 10.8. The van der Waals surface area contributed by atoms with Crippen LogP contribution in [0.25, 0.3) is 0 Å². The summed E-state index contributed by atoms with van der Waals surface area (Å²) in [6.45, 7) is 0. The van der Waals surface area contributed by atoms with Crippen molar-refractivity contribution in [3.63, 3.8) is 0 Å². The maximum absolute atomic E-state index is 10.8. The molecule has 0 spiro atoms. The third-order valence-corrected chi connectivity index (χ3v) is 1.41. The summed E-state index contributed by atoms with van der Waals surface area (Å²) in [5.41, 5.74) is 0. The molecule has 82 valence electrons. The molecular formula is C8H8O7. The molecule has 0 bridgehead atoms. The Labute approximate surface area is 83.4 Å². The molecule has 1 atom stereocenters.